The van der Waals surface area contributed by atoms with E-state index in [2.05, 4.69) is 10.1 Å². The average molecular weight is 358 g/mol. The van der Waals surface area contributed by atoms with E-state index in [0.29, 0.717) is 23.0 Å². The van der Waals surface area contributed by atoms with Crippen molar-refractivity contribution >= 4 is 23.2 Å². The number of anilines is 1. The Balaban J connectivity index is 1.65. The van der Waals surface area contributed by atoms with Gasteiger partial charge in [-0.05, 0) is 31.2 Å². The first-order valence-electron chi connectivity index (χ1n) is 7.75. The first kappa shape index (κ1) is 17.0. The normalized spacial score (nSPS) is 10.5. The molecule has 0 aliphatic heterocycles. The Morgan fingerprint density at radius 2 is 2.00 bits per heavy atom. The molecule has 25 heavy (non-hydrogen) atoms. The maximum Gasteiger partial charge on any atom is 0.418 e. The quantitative estimate of drug-likeness (QED) is 0.670. The largest absolute Gasteiger partial charge is 0.439 e. The summed E-state index contributed by atoms with van der Waals surface area (Å²) in [6, 6.07) is 16.4. The second-order valence-corrected chi connectivity index (χ2v) is 5.59. The van der Waals surface area contributed by atoms with Crippen LogP contribution in [0.4, 0.5) is 5.69 Å². The summed E-state index contributed by atoms with van der Waals surface area (Å²) < 4.78 is 10.4. The van der Waals surface area contributed by atoms with Gasteiger partial charge in [0.25, 0.3) is 5.91 Å². The minimum absolute atomic E-state index is 0.0626. The van der Waals surface area contributed by atoms with E-state index in [1.54, 1.807) is 29.2 Å². The van der Waals surface area contributed by atoms with Crippen molar-refractivity contribution in [3.05, 3.63) is 59.6 Å². The van der Waals surface area contributed by atoms with Crippen molar-refractivity contribution in [1.29, 1.82) is 0 Å². The Labute approximate surface area is 150 Å². The number of likely N-dealkylation sites (N-methyl/N-ethyl adjacent to an activating group) is 1. The third kappa shape index (κ3) is 4.16. The molecule has 1 aromatic heterocycles. The van der Waals surface area contributed by atoms with Crippen LogP contribution in [-0.2, 0) is 4.79 Å². The highest BCUT2D eigenvalue weighted by Crippen LogP contribution is 2.22. The van der Waals surface area contributed by atoms with Crippen molar-refractivity contribution in [3.8, 4) is 17.5 Å². The molecule has 0 unspecified atom stereocenters. The highest BCUT2D eigenvalue weighted by Gasteiger charge is 2.16. The molecule has 6 nitrogen and oxygen atoms in total. The van der Waals surface area contributed by atoms with Crippen LogP contribution in [0.25, 0.3) is 11.4 Å². The lowest BCUT2D eigenvalue weighted by atomic mass is 10.2. The number of nitrogens with zero attached hydrogens (tertiary/aromatic N) is 3. The standard InChI is InChI=1S/C18H16ClN3O3/c1-2-22(15-9-4-3-5-10-15)16(23)12-24-18-20-17(21-25-18)13-7-6-8-14(19)11-13/h3-11H,2,12H2,1H3. The van der Waals surface area contributed by atoms with Gasteiger partial charge in [-0.2, -0.15) is 4.98 Å². The Morgan fingerprint density at radius 3 is 2.72 bits per heavy atom. The molecule has 1 amide bonds. The van der Waals surface area contributed by atoms with E-state index in [0.717, 1.165) is 5.69 Å². The van der Waals surface area contributed by atoms with Crippen molar-refractivity contribution < 1.29 is 14.1 Å². The molecule has 0 saturated carbocycles. The lowest BCUT2D eigenvalue weighted by Crippen LogP contribution is -2.34. The zero-order valence-electron chi connectivity index (χ0n) is 13.6. The first-order chi connectivity index (χ1) is 12.2. The number of benzene rings is 2. The molecule has 0 N–H and O–H groups in total. The van der Waals surface area contributed by atoms with Crippen LogP contribution in [0.3, 0.4) is 0 Å². The van der Waals surface area contributed by atoms with Gasteiger partial charge in [-0.15, -0.1) is 0 Å². The van der Waals surface area contributed by atoms with Gasteiger partial charge in [-0.3, -0.25) is 9.32 Å². The summed E-state index contributed by atoms with van der Waals surface area (Å²) in [5.74, 6) is 0.150. The molecule has 3 aromatic rings. The number of ether oxygens (including phenoxy) is 1. The minimum Gasteiger partial charge on any atom is -0.439 e. The molecule has 0 aliphatic carbocycles. The van der Waals surface area contributed by atoms with Crippen LogP contribution in [0.2, 0.25) is 5.02 Å². The van der Waals surface area contributed by atoms with Crippen molar-refractivity contribution in [2.24, 2.45) is 0 Å². The summed E-state index contributed by atoms with van der Waals surface area (Å²) in [5.41, 5.74) is 1.51. The van der Waals surface area contributed by atoms with Gasteiger partial charge in [0.1, 0.15) is 0 Å². The molecular weight excluding hydrogens is 342 g/mol. The lowest BCUT2D eigenvalue weighted by Gasteiger charge is -2.20. The summed E-state index contributed by atoms with van der Waals surface area (Å²) in [5, 5.41) is 4.40. The highest BCUT2D eigenvalue weighted by molar-refractivity contribution is 6.30. The molecule has 128 valence electrons. The zero-order valence-corrected chi connectivity index (χ0v) is 14.3. The number of amides is 1. The molecule has 0 atom stereocenters. The second kappa shape index (κ2) is 7.81. The highest BCUT2D eigenvalue weighted by atomic mass is 35.5. The molecule has 7 heteroatoms. The molecule has 0 spiro atoms. The summed E-state index contributed by atoms with van der Waals surface area (Å²) in [4.78, 5) is 18.1. The molecule has 1 heterocycles. The molecule has 0 fully saturated rings. The summed E-state index contributed by atoms with van der Waals surface area (Å²) in [7, 11) is 0. The topological polar surface area (TPSA) is 68.5 Å². The van der Waals surface area contributed by atoms with Crippen LogP contribution in [0.1, 0.15) is 6.92 Å². The van der Waals surface area contributed by atoms with Crippen molar-refractivity contribution in [3.63, 3.8) is 0 Å². The number of hydrogen-bond acceptors (Lipinski definition) is 5. The summed E-state index contributed by atoms with van der Waals surface area (Å²) >= 11 is 5.95. The third-order valence-corrected chi connectivity index (χ3v) is 3.73. The van der Waals surface area contributed by atoms with E-state index in [9.17, 15) is 4.79 Å². The lowest BCUT2D eigenvalue weighted by molar-refractivity contribution is -0.121. The maximum atomic E-state index is 12.4. The smallest absolute Gasteiger partial charge is 0.418 e. The number of para-hydroxylation sites is 1. The Kier molecular flexibility index (Phi) is 5.30. The van der Waals surface area contributed by atoms with E-state index >= 15 is 0 Å². The number of aromatic nitrogens is 2. The Hall–Kier alpha value is -2.86. The molecule has 0 radical (unpaired) electrons. The fourth-order valence-corrected chi connectivity index (χ4v) is 2.52. The van der Waals surface area contributed by atoms with E-state index in [1.165, 1.54) is 0 Å². The Morgan fingerprint density at radius 1 is 1.20 bits per heavy atom. The third-order valence-electron chi connectivity index (χ3n) is 3.49. The van der Waals surface area contributed by atoms with E-state index in [1.807, 2.05) is 37.3 Å². The van der Waals surface area contributed by atoms with Gasteiger partial charge < -0.3 is 9.64 Å². The van der Waals surface area contributed by atoms with E-state index in [4.69, 9.17) is 20.9 Å². The maximum absolute atomic E-state index is 12.4. The molecule has 3 rings (SSSR count). The SMILES string of the molecule is CCN(C(=O)COc1nc(-c2cccc(Cl)c2)no1)c1ccccc1. The molecule has 0 bridgehead atoms. The monoisotopic (exact) mass is 357 g/mol. The molecule has 2 aromatic carbocycles. The van der Waals surface area contributed by atoms with Crippen LogP contribution in [-0.4, -0.2) is 29.2 Å². The van der Waals surface area contributed by atoms with Crippen LogP contribution >= 0.6 is 11.6 Å². The van der Waals surface area contributed by atoms with Crippen LogP contribution in [0, 0.1) is 0 Å². The second-order valence-electron chi connectivity index (χ2n) is 5.16. The van der Waals surface area contributed by atoms with Crippen molar-refractivity contribution in [2.45, 2.75) is 6.92 Å². The van der Waals surface area contributed by atoms with Crippen LogP contribution in [0.15, 0.2) is 59.1 Å². The summed E-state index contributed by atoms with van der Waals surface area (Å²) in [6.45, 7) is 2.23. The van der Waals surface area contributed by atoms with Gasteiger partial charge >= 0.3 is 6.08 Å². The Bertz CT molecular complexity index is 852. The van der Waals surface area contributed by atoms with Crippen LogP contribution in [0.5, 0.6) is 6.08 Å². The fraction of sp³-hybridized carbons (Fsp3) is 0.167. The van der Waals surface area contributed by atoms with Gasteiger partial charge in [0, 0.05) is 22.8 Å². The number of carbonyl (C=O) groups excluding carboxylic acids is 1. The number of halogens is 1. The van der Waals surface area contributed by atoms with Crippen molar-refractivity contribution in [1.82, 2.24) is 10.1 Å². The first-order valence-corrected chi connectivity index (χ1v) is 8.13. The molecular formula is C18H16ClN3O3. The number of carbonyl (C=O) groups is 1. The van der Waals surface area contributed by atoms with Gasteiger partial charge in [-0.1, -0.05) is 47.1 Å². The van der Waals surface area contributed by atoms with Gasteiger partial charge in [0.2, 0.25) is 5.82 Å². The fourth-order valence-electron chi connectivity index (χ4n) is 2.33. The summed E-state index contributed by atoms with van der Waals surface area (Å²) in [6.07, 6.45) is -0.0626. The number of rotatable bonds is 6. The average Bonchev–Trinajstić information content (AvgIpc) is 3.11. The van der Waals surface area contributed by atoms with Gasteiger partial charge in [0.05, 0.1) is 0 Å². The number of hydrogen-bond donors (Lipinski definition) is 0. The molecule has 0 aliphatic rings. The van der Waals surface area contributed by atoms with Gasteiger partial charge in [0.15, 0.2) is 6.61 Å². The van der Waals surface area contributed by atoms with E-state index in [-0.39, 0.29) is 18.6 Å². The van der Waals surface area contributed by atoms with Gasteiger partial charge in [-0.25, -0.2) is 0 Å². The minimum atomic E-state index is -0.198. The predicted octanol–water partition coefficient (Wildman–Crippen LogP) is 3.82. The zero-order chi connectivity index (χ0) is 17.6. The van der Waals surface area contributed by atoms with E-state index < -0.39 is 0 Å². The van der Waals surface area contributed by atoms with Crippen molar-refractivity contribution in [2.75, 3.05) is 18.1 Å². The molecule has 0 saturated heterocycles. The van der Waals surface area contributed by atoms with Crippen LogP contribution < -0.4 is 9.64 Å². The predicted molar refractivity (Wildman–Crippen MR) is 94.7 cm³/mol.